The Kier molecular flexibility index (Phi) is 4.79. The highest BCUT2D eigenvalue weighted by Crippen LogP contribution is 2.40. The molecule has 4 heterocycles. The zero-order chi connectivity index (χ0) is 17.3. The second-order valence-corrected chi connectivity index (χ2v) is 8.47. The number of rotatable bonds is 3. The van der Waals surface area contributed by atoms with Gasteiger partial charge >= 0.3 is 0 Å². The molecule has 7 heteroatoms. The summed E-state index contributed by atoms with van der Waals surface area (Å²) in [6.45, 7) is 6.03. The van der Waals surface area contributed by atoms with Crippen LogP contribution in [0.1, 0.15) is 41.9 Å². The van der Waals surface area contributed by atoms with E-state index in [0.29, 0.717) is 0 Å². The van der Waals surface area contributed by atoms with Crippen LogP contribution in [0.15, 0.2) is 0 Å². The van der Waals surface area contributed by atoms with E-state index in [-0.39, 0.29) is 0 Å². The summed E-state index contributed by atoms with van der Waals surface area (Å²) in [5.74, 6) is 1.93. The van der Waals surface area contributed by atoms with Gasteiger partial charge in [-0.05, 0) is 44.1 Å². The van der Waals surface area contributed by atoms with Gasteiger partial charge < -0.3 is 4.74 Å². The van der Waals surface area contributed by atoms with E-state index in [1.165, 1.54) is 35.1 Å². The normalized spacial score (nSPS) is 21.9. The molecule has 1 aliphatic carbocycles. The van der Waals surface area contributed by atoms with Gasteiger partial charge in [-0.1, -0.05) is 0 Å². The van der Waals surface area contributed by atoms with Gasteiger partial charge in [0.15, 0.2) is 5.82 Å². The van der Waals surface area contributed by atoms with Crippen LogP contribution in [-0.2, 0) is 29.0 Å². The van der Waals surface area contributed by atoms with Crippen LogP contribution < -0.4 is 5.06 Å². The van der Waals surface area contributed by atoms with Crippen LogP contribution in [0.4, 0.5) is 5.82 Å². The largest absolute Gasteiger partial charge is 0.379 e. The highest BCUT2D eigenvalue weighted by molar-refractivity contribution is 7.19. The number of aryl methyl sites for hydroxylation is 2. The third-order valence-electron chi connectivity index (χ3n) is 5.55. The first-order valence-electron chi connectivity index (χ1n) is 9.90. The van der Waals surface area contributed by atoms with Gasteiger partial charge in [0, 0.05) is 24.5 Å². The van der Waals surface area contributed by atoms with Gasteiger partial charge in [-0.3, -0.25) is 9.74 Å². The summed E-state index contributed by atoms with van der Waals surface area (Å²) in [5, 5.41) is 3.30. The molecule has 26 heavy (non-hydrogen) atoms. The topological polar surface area (TPSA) is 50.7 Å². The fourth-order valence-electron chi connectivity index (χ4n) is 4.16. The Hall–Kier alpha value is -1.28. The molecule has 2 aromatic heterocycles. The molecule has 0 radical (unpaired) electrons. The van der Waals surface area contributed by atoms with Gasteiger partial charge in [-0.25, -0.2) is 15.0 Å². The molecule has 2 aliphatic heterocycles. The van der Waals surface area contributed by atoms with E-state index >= 15 is 0 Å². The number of hydroxylamine groups is 1. The monoisotopic (exact) mass is 374 g/mol. The number of morpholine rings is 1. The van der Waals surface area contributed by atoms with Crippen molar-refractivity contribution in [3.63, 3.8) is 0 Å². The van der Waals surface area contributed by atoms with Crippen LogP contribution in [0.3, 0.4) is 0 Å². The molecule has 0 N–H and O–H groups in total. The van der Waals surface area contributed by atoms with Crippen molar-refractivity contribution in [1.82, 2.24) is 14.9 Å². The maximum atomic E-state index is 5.99. The molecule has 140 valence electrons. The highest BCUT2D eigenvalue weighted by Gasteiger charge is 2.26. The molecular weight excluding hydrogens is 348 g/mol. The Bertz CT molecular complexity index is 781. The van der Waals surface area contributed by atoms with Gasteiger partial charge in [-0.15, -0.1) is 11.3 Å². The average Bonchev–Trinajstić information content (AvgIpc) is 3.07. The van der Waals surface area contributed by atoms with Crippen molar-refractivity contribution in [2.75, 3.05) is 44.5 Å². The van der Waals surface area contributed by atoms with Crippen molar-refractivity contribution in [2.45, 2.75) is 45.1 Å². The summed E-state index contributed by atoms with van der Waals surface area (Å²) in [6, 6.07) is 0. The number of hydrogen-bond acceptors (Lipinski definition) is 7. The van der Waals surface area contributed by atoms with E-state index in [9.17, 15) is 0 Å². The zero-order valence-corrected chi connectivity index (χ0v) is 16.0. The molecule has 2 fully saturated rings. The maximum Gasteiger partial charge on any atom is 0.165 e. The lowest BCUT2D eigenvalue weighted by atomic mass is 9.97. The SMILES string of the molecule is C1CCN(c2nc(CN3CCOCC3)nc3sc4c(c23)CCCC4)OC1. The van der Waals surface area contributed by atoms with Crippen molar-refractivity contribution in [2.24, 2.45) is 0 Å². The Morgan fingerprint density at radius 1 is 0.923 bits per heavy atom. The van der Waals surface area contributed by atoms with Gasteiger partial charge in [0.05, 0.1) is 31.8 Å². The summed E-state index contributed by atoms with van der Waals surface area (Å²) in [7, 11) is 0. The Morgan fingerprint density at radius 2 is 1.81 bits per heavy atom. The van der Waals surface area contributed by atoms with Crippen molar-refractivity contribution in [1.29, 1.82) is 0 Å². The number of hydrogen-bond donors (Lipinski definition) is 0. The highest BCUT2D eigenvalue weighted by atomic mass is 32.1. The van der Waals surface area contributed by atoms with Gasteiger partial charge in [-0.2, -0.15) is 0 Å². The molecule has 0 saturated carbocycles. The molecular formula is C19H26N4O2S. The molecule has 2 saturated heterocycles. The quantitative estimate of drug-likeness (QED) is 0.823. The number of thiophene rings is 1. The van der Waals surface area contributed by atoms with Crippen LogP contribution in [0.2, 0.25) is 0 Å². The summed E-state index contributed by atoms with van der Waals surface area (Å²) in [5.41, 5.74) is 1.48. The van der Waals surface area contributed by atoms with Crippen molar-refractivity contribution in [3.8, 4) is 0 Å². The number of nitrogens with zero attached hydrogens (tertiary/aromatic N) is 4. The van der Waals surface area contributed by atoms with Gasteiger partial charge in [0.1, 0.15) is 10.7 Å². The molecule has 0 bridgehead atoms. The lowest BCUT2D eigenvalue weighted by Gasteiger charge is -2.29. The first-order chi connectivity index (χ1) is 12.9. The van der Waals surface area contributed by atoms with E-state index in [1.54, 1.807) is 0 Å². The minimum Gasteiger partial charge on any atom is -0.379 e. The summed E-state index contributed by atoms with van der Waals surface area (Å²) in [6.07, 6.45) is 7.21. The molecule has 0 unspecified atom stereocenters. The maximum absolute atomic E-state index is 5.99. The van der Waals surface area contributed by atoms with Crippen molar-refractivity contribution >= 4 is 27.4 Å². The molecule has 5 rings (SSSR count). The Morgan fingerprint density at radius 3 is 2.65 bits per heavy atom. The molecule has 0 spiro atoms. The molecule has 0 aromatic carbocycles. The fraction of sp³-hybridized carbons (Fsp3) is 0.684. The summed E-state index contributed by atoms with van der Waals surface area (Å²) >= 11 is 1.88. The molecule has 2 aromatic rings. The smallest absolute Gasteiger partial charge is 0.165 e. The van der Waals surface area contributed by atoms with E-state index < -0.39 is 0 Å². The number of aromatic nitrogens is 2. The average molecular weight is 375 g/mol. The third-order valence-corrected chi connectivity index (χ3v) is 6.74. The van der Waals surface area contributed by atoms with Crippen LogP contribution in [0, 0.1) is 0 Å². The van der Waals surface area contributed by atoms with Gasteiger partial charge in [0.2, 0.25) is 0 Å². The Labute approximate surface area is 158 Å². The Balaban J connectivity index is 1.56. The predicted molar refractivity (Wildman–Crippen MR) is 103 cm³/mol. The van der Waals surface area contributed by atoms with Gasteiger partial charge in [0.25, 0.3) is 0 Å². The lowest BCUT2D eigenvalue weighted by Crippen LogP contribution is -2.36. The lowest BCUT2D eigenvalue weighted by molar-refractivity contribution is 0.0330. The predicted octanol–water partition coefficient (Wildman–Crippen LogP) is 2.93. The van der Waals surface area contributed by atoms with E-state index in [2.05, 4.69) is 4.90 Å². The van der Waals surface area contributed by atoms with E-state index in [0.717, 1.165) is 81.7 Å². The fourth-order valence-corrected chi connectivity index (χ4v) is 5.43. The summed E-state index contributed by atoms with van der Waals surface area (Å²) < 4.78 is 5.47. The van der Waals surface area contributed by atoms with Crippen LogP contribution >= 0.6 is 11.3 Å². The zero-order valence-electron chi connectivity index (χ0n) is 15.2. The number of fused-ring (bicyclic) bond motifs is 3. The second-order valence-electron chi connectivity index (χ2n) is 7.39. The molecule has 0 atom stereocenters. The van der Waals surface area contributed by atoms with E-state index in [4.69, 9.17) is 19.5 Å². The van der Waals surface area contributed by atoms with E-state index in [1.807, 2.05) is 16.4 Å². The van der Waals surface area contributed by atoms with Crippen LogP contribution in [0.25, 0.3) is 10.2 Å². The summed E-state index contributed by atoms with van der Waals surface area (Å²) in [4.78, 5) is 21.0. The minimum absolute atomic E-state index is 0.788. The number of anilines is 1. The van der Waals surface area contributed by atoms with Crippen LogP contribution in [0.5, 0.6) is 0 Å². The van der Waals surface area contributed by atoms with Crippen molar-refractivity contribution in [3.05, 3.63) is 16.3 Å². The van der Waals surface area contributed by atoms with Crippen LogP contribution in [-0.4, -0.2) is 54.3 Å². The standard InChI is InChI=1S/C19H26N4O2S/c1-2-6-15-14(5-1)17-18(23-7-3-4-10-25-23)20-16(21-19(17)26-15)13-22-8-11-24-12-9-22/h1-13H2. The third kappa shape index (κ3) is 3.22. The first kappa shape index (κ1) is 16.9. The minimum atomic E-state index is 0.788. The van der Waals surface area contributed by atoms with Crippen molar-refractivity contribution < 1.29 is 9.57 Å². The number of ether oxygens (including phenoxy) is 1. The molecule has 6 nitrogen and oxygen atoms in total. The first-order valence-corrected chi connectivity index (χ1v) is 10.7. The molecule has 3 aliphatic rings. The second kappa shape index (κ2) is 7.38. The molecule has 0 amide bonds.